The van der Waals surface area contributed by atoms with E-state index < -0.39 is 0 Å². The Bertz CT molecular complexity index is 4160. The molecule has 0 spiro atoms. The fraction of sp³-hybridized carbons (Fsp3) is 0. The van der Waals surface area contributed by atoms with Gasteiger partial charge in [-0.2, -0.15) is 0 Å². The molecule has 8 nitrogen and oxygen atoms in total. The number of hydrogen-bond acceptors (Lipinski definition) is 10. The molecule has 2 aliphatic rings. The van der Waals surface area contributed by atoms with Crippen LogP contribution in [0.3, 0.4) is 0 Å². The Kier molecular flexibility index (Phi) is 9.57. The van der Waals surface area contributed by atoms with Crippen LogP contribution in [0.2, 0.25) is 0 Å². The zero-order chi connectivity index (χ0) is 48.0. The summed E-state index contributed by atoms with van der Waals surface area (Å²) in [5, 5.41) is 0. The van der Waals surface area contributed by atoms with Gasteiger partial charge in [-0.15, -0.1) is 0 Å². The van der Waals surface area contributed by atoms with Crippen molar-refractivity contribution in [2.24, 2.45) is 0 Å². The van der Waals surface area contributed by atoms with Gasteiger partial charge in [0.2, 0.25) is 17.7 Å². The Morgan fingerprint density at radius 1 is 0.301 bits per heavy atom. The molecule has 0 saturated heterocycles. The lowest BCUT2D eigenvalue weighted by Gasteiger charge is -2.33. The second-order valence-corrected chi connectivity index (χ2v) is 20.1. The third-order valence-corrected chi connectivity index (χ3v) is 15.8. The average molecular weight is 976 g/mol. The number of oxazole rings is 3. The van der Waals surface area contributed by atoms with Crippen molar-refractivity contribution in [2.75, 3.05) is 9.80 Å². The molecule has 13 aromatic rings. The van der Waals surface area contributed by atoms with Gasteiger partial charge in [0.05, 0.1) is 33.9 Å². The highest BCUT2D eigenvalue weighted by Gasteiger charge is 2.33. The average Bonchev–Trinajstić information content (AvgIpc) is 4.21. The minimum absolute atomic E-state index is 0.398. The molecule has 15 rings (SSSR count). The number of benzene rings is 10. The Labute approximate surface area is 427 Å². The fourth-order valence-corrected chi connectivity index (χ4v) is 12.5. The standard InChI is InChI=1S/C63H37N5O3S2/c1-8-28-51-44(21-1)64-61(69-51)43-37-42(38-17-15-19-40(35-38)67-47-24-4-11-31-54(47)72-55-32-12-5-25-48(55)67)59(62-65-45-22-2-9-29-52(45)70-62)60(63-66-46-23-3-10-30-53(46)71-63)58(43)39-18-16-20-41(36-39)68-49-26-6-13-33-56(49)73-57-34-14-7-27-50(57)68/h1-37H. The van der Waals surface area contributed by atoms with Gasteiger partial charge < -0.3 is 23.1 Å². The highest BCUT2D eigenvalue weighted by Crippen LogP contribution is 2.56. The number of nitrogens with zero attached hydrogens (tertiary/aromatic N) is 5. The second-order valence-electron chi connectivity index (χ2n) is 17.9. The van der Waals surface area contributed by atoms with Crippen LogP contribution in [0.4, 0.5) is 34.1 Å². The highest BCUT2D eigenvalue weighted by molar-refractivity contribution is 8.00. The molecule has 0 unspecified atom stereocenters. The van der Waals surface area contributed by atoms with Gasteiger partial charge in [-0.05, 0) is 132 Å². The van der Waals surface area contributed by atoms with Crippen LogP contribution in [0.15, 0.2) is 257 Å². The molecule has 73 heavy (non-hydrogen) atoms. The Morgan fingerprint density at radius 3 is 1.16 bits per heavy atom. The molecule has 344 valence electrons. The number of aromatic nitrogens is 3. The molecule has 0 fully saturated rings. The molecule has 5 heterocycles. The first-order valence-corrected chi connectivity index (χ1v) is 25.6. The summed E-state index contributed by atoms with van der Waals surface area (Å²) in [6, 6.07) is 77.5. The maximum atomic E-state index is 6.97. The molecule has 0 bridgehead atoms. The summed E-state index contributed by atoms with van der Waals surface area (Å²) in [5.41, 5.74) is 16.1. The number of hydrogen-bond donors (Lipinski definition) is 0. The Morgan fingerprint density at radius 2 is 0.685 bits per heavy atom. The predicted molar refractivity (Wildman–Crippen MR) is 294 cm³/mol. The minimum atomic E-state index is 0.398. The summed E-state index contributed by atoms with van der Waals surface area (Å²) in [6.07, 6.45) is 0. The first-order valence-electron chi connectivity index (χ1n) is 24.0. The van der Waals surface area contributed by atoms with Gasteiger partial charge in [-0.3, -0.25) is 0 Å². The molecule has 3 aromatic heterocycles. The quantitative estimate of drug-likeness (QED) is 0.154. The molecule has 0 atom stereocenters. The Balaban J connectivity index is 1.06. The number of rotatable bonds is 7. The Hall–Kier alpha value is -9.09. The molecule has 0 saturated carbocycles. The van der Waals surface area contributed by atoms with E-state index in [1.54, 1.807) is 23.5 Å². The summed E-state index contributed by atoms with van der Waals surface area (Å²) in [7, 11) is 0. The van der Waals surface area contributed by atoms with Gasteiger partial charge in [0.1, 0.15) is 16.6 Å². The van der Waals surface area contributed by atoms with Crippen LogP contribution in [0, 0.1) is 0 Å². The van der Waals surface area contributed by atoms with E-state index >= 15 is 0 Å². The molecular formula is C63H37N5O3S2. The van der Waals surface area contributed by atoms with Gasteiger partial charge in [0.25, 0.3) is 0 Å². The number of fused-ring (bicyclic) bond motifs is 7. The maximum Gasteiger partial charge on any atom is 0.228 e. The van der Waals surface area contributed by atoms with Crippen molar-refractivity contribution >= 4 is 90.9 Å². The zero-order valence-electron chi connectivity index (χ0n) is 38.6. The number of anilines is 6. The fourth-order valence-electron chi connectivity index (χ4n) is 10.3. The van der Waals surface area contributed by atoms with Crippen molar-refractivity contribution in [2.45, 2.75) is 19.6 Å². The lowest BCUT2D eigenvalue weighted by Crippen LogP contribution is -2.14. The van der Waals surface area contributed by atoms with Gasteiger partial charge in [-0.1, -0.05) is 133 Å². The van der Waals surface area contributed by atoms with Crippen LogP contribution in [0.1, 0.15) is 0 Å². The van der Waals surface area contributed by atoms with Gasteiger partial charge in [-0.25, -0.2) is 15.0 Å². The van der Waals surface area contributed by atoms with Gasteiger partial charge in [0.15, 0.2) is 16.7 Å². The summed E-state index contributed by atoms with van der Waals surface area (Å²) in [6.45, 7) is 0. The third-order valence-electron chi connectivity index (χ3n) is 13.5. The third kappa shape index (κ3) is 6.90. The van der Waals surface area contributed by atoms with E-state index in [4.69, 9.17) is 28.2 Å². The normalized spacial score (nSPS) is 12.8. The second kappa shape index (κ2) is 16.8. The molecule has 10 heteroatoms. The summed E-state index contributed by atoms with van der Waals surface area (Å²) in [5.74, 6) is 1.26. The first-order chi connectivity index (χ1) is 36.2. The molecule has 0 radical (unpaired) electrons. The topological polar surface area (TPSA) is 84.6 Å². The van der Waals surface area contributed by atoms with E-state index in [0.29, 0.717) is 45.5 Å². The molecular weight excluding hydrogens is 939 g/mol. The van der Waals surface area contributed by atoms with Crippen molar-refractivity contribution in [3.8, 4) is 56.6 Å². The van der Waals surface area contributed by atoms with E-state index in [2.05, 4.69) is 161 Å². The largest absolute Gasteiger partial charge is 0.436 e. The summed E-state index contributed by atoms with van der Waals surface area (Å²) in [4.78, 5) is 25.3. The lowest BCUT2D eigenvalue weighted by atomic mass is 9.84. The van der Waals surface area contributed by atoms with Crippen LogP contribution < -0.4 is 9.80 Å². The van der Waals surface area contributed by atoms with E-state index in [1.807, 2.05) is 72.8 Å². The van der Waals surface area contributed by atoms with Gasteiger partial charge in [0, 0.05) is 42.1 Å². The van der Waals surface area contributed by atoms with Crippen LogP contribution >= 0.6 is 23.5 Å². The van der Waals surface area contributed by atoms with Gasteiger partial charge >= 0.3 is 0 Å². The van der Waals surface area contributed by atoms with Crippen molar-refractivity contribution in [3.05, 3.63) is 224 Å². The van der Waals surface area contributed by atoms with Crippen molar-refractivity contribution in [3.63, 3.8) is 0 Å². The molecule has 2 aliphatic heterocycles. The van der Waals surface area contributed by atoms with Crippen molar-refractivity contribution < 1.29 is 13.3 Å². The molecule has 10 aromatic carbocycles. The molecule has 0 amide bonds. The minimum Gasteiger partial charge on any atom is -0.436 e. The van der Waals surface area contributed by atoms with Crippen LogP contribution in [-0.4, -0.2) is 15.0 Å². The summed E-state index contributed by atoms with van der Waals surface area (Å²) >= 11 is 3.57. The first kappa shape index (κ1) is 41.7. The maximum absolute atomic E-state index is 6.97. The van der Waals surface area contributed by atoms with E-state index in [0.717, 1.165) is 78.5 Å². The smallest absolute Gasteiger partial charge is 0.228 e. The van der Waals surface area contributed by atoms with Crippen LogP contribution in [-0.2, 0) is 0 Å². The molecule has 0 N–H and O–H groups in total. The van der Waals surface area contributed by atoms with Crippen LogP contribution in [0.25, 0.3) is 89.9 Å². The van der Waals surface area contributed by atoms with Crippen molar-refractivity contribution in [1.82, 2.24) is 15.0 Å². The number of para-hydroxylation sites is 10. The van der Waals surface area contributed by atoms with E-state index in [-0.39, 0.29) is 0 Å². The van der Waals surface area contributed by atoms with Crippen molar-refractivity contribution in [1.29, 1.82) is 0 Å². The molecule has 0 aliphatic carbocycles. The van der Waals surface area contributed by atoms with E-state index in [1.165, 1.54) is 19.6 Å². The lowest BCUT2D eigenvalue weighted by molar-refractivity contribution is 0.611. The van der Waals surface area contributed by atoms with Crippen LogP contribution in [0.5, 0.6) is 0 Å². The highest BCUT2D eigenvalue weighted by atomic mass is 32.2. The zero-order valence-corrected chi connectivity index (χ0v) is 40.3. The summed E-state index contributed by atoms with van der Waals surface area (Å²) < 4.78 is 20.8. The van der Waals surface area contributed by atoms with E-state index in [9.17, 15) is 0 Å². The predicted octanol–water partition coefficient (Wildman–Crippen LogP) is 18.3. The SMILES string of the molecule is c1cc(-c2cc(-c3nc4ccccc4o3)c(-c3cccc(N4c5ccccc5Sc5ccccc54)c3)c(-c3nc4ccccc4o3)c2-c2nc3ccccc3o2)cc(N2c3ccccc3Sc3ccccc32)c1. The monoisotopic (exact) mass is 975 g/mol.